The molecule has 10 heteroatoms. The predicted molar refractivity (Wildman–Crippen MR) is 129 cm³/mol. The number of carbonyl (C=O) groups is 2. The number of sulfonamides is 1. The summed E-state index contributed by atoms with van der Waals surface area (Å²) in [7, 11) is -0.250. The number of unbranched alkanes of at least 4 members (excludes halogenated alkanes) is 1. The van der Waals surface area contributed by atoms with Gasteiger partial charge in [-0.15, -0.1) is 11.6 Å². The van der Waals surface area contributed by atoms with Gasteiger partial charge in [0.25, 0.3) is 0 Å². The quantitative estimate of drug-likeness (QED) is 0.314. The lowest BCUT2D eigenvalue weighted by Crippen LogP contribution is -2.50. The molecule has 0 unspecified atom stereocenters. The minimum atomic E-state index is -4.01. The Bertz CT molecular complexity index is 1060. The molecule has 0 spiro atoms. The molecule has 2 rings (SSSR count). The van der Waals surface area contributed by atoms with E-state index < -0.39 is 28.0 Å². The number of rotatable bonds is 12. The highest BCUT2D eigenvalue weighted by molar-refractivity contribution is 7.89. The molecule has 0 bridgehead atoms. The molecule has 2 aromatic rings. The Labute approximate surface area is 194 Å². The van der Waals surface area contributed by atoms with E-state index >= 15 is 0 Å². The molecule has 2 atom stereocenters. The number of hydrogen-bond donors (Lipinski definition) is 3. The highest BCUT2D eigenvalue weighted by Crippen LogP contribution is 2.30. The number of nitrogens with zero attached hydrogens (tertiary/aromatic N) is 1. The van der Waals surface area contributed by atoms with Gasteiger partial charge in [0.15, 0.2) is 5.78 Å². The van der Waals surface area contributed by atoms with Crippen molar-refractivity contribution in [2.75, 3.05) is 31.4 Å². The van der Waals surface area contributed by atoms with Crippen molar-refractivity contribution in [3.8, 4) is 0 Å². The van der Waals surface area contributed by atoms with Crippen molar-refractivity contribution in [3.05, 3.63) is 36.4 Å². The second-order valence-corrected chi connectivity index (χ2v) is 9.76. The van der Waals surface area contributed by atoms with E-state index in [2.05, 4.69) is 10.0 Å². The van der Waals surface area contributed by atoms with Crippen LogP contribution in [-0.4, -0.2) is 58.7 Å². The fourth-order valence-electron chi connectivity index (χ4n) is 3.43. The number of fused-ring (bicyclic) bond motifs is 1. The largest absolute Gasteiger partial charge is 0.377 e. The summed E-state index contributed by atoms with van der Waals surface area (Å²) in [5.41, 5.74) is 6.36. The van der Waals surface area contributed by atoms with Crippen LogP contribution in [-0.2, 0) is 19.6 Å². The van der Waals surface area contributed by atoms with E-state index in [4.69, 9.17) is 17.3 Å². The van der Waals surface area contributed by atoms with Gasteiger partial charge in [0, 0.05) is 30.6 Å². The van der Waals surface area contributed by atoms with Crippen molar-refractivity contribution in [2.24, 2.45) is 5.73 Å². The number of nitrogens with one attached hydrogen (secondary N) is 2. The molecule has 0 aliphatic heterocycles. The number of alkyl halides is 1. The monoisotopic (exact) mass is 482 g/mol. The molecule has 4 N–H and O–H groups in total. The van der Waals surface area contributed by atoms with Crippen molar-refractivity contribution < 1.29 is 18.0 Å². The minimum absolute atomic E-state index is 0.0784. The van der Waals surface area contributed by atoms with E-state index in [1.165, 1.54) is 13.0 Å². The first kappa shape index (κ1) is 26.1. The second-order valence-electron chi connectivity index (χ2n) is 7.81. The molecule has 0 saturated carbocycles. The number of anilines is 1. The summed E-state index contributed by atoms with van der Waals surface area (Å²) in [5.74, 6) is -1.16. The lowest BCUT2D eigenvalue weighted by atomic mass is 10.1. The van der Waals surface area contributed by atoms with Crippen LogP contribution in [0.4, 0.5) is 5.69 Å². The van der Waals surface area contributed by atoms with Crippen LogP contribution in [0, 0.1) is 0 Å². The van der Waals surface area contributed by atoms with Crippen LogP contribution in [0.1, 0.15) is 26.2 Å². The normalized spacial score (nSPS) is 13.5. The molecule has 0 fully saturated rings. The van der Waals surface area contributed by atoms with Crippen molar-refractivity contribution in [1.82, 2.24) is 10.0 Å². The maximum Gasteiger partial charge on any atom is 0.241 e. The molecular weight excluding hydrogens is 452 g/mol. The minimum Gasteiger partial charge on any atom is -0.377 e. The molecule has 2 aromatic carbocycles. The van der Waals surface area contributed by atoms with E-state index in [1.807, 2.05) is 31.1 Å². The fraction of sp³-hybridized carbons (Fsp3) is 0.455. The third kappa shape index (κ3) is 6.41. The Morgan fingerprint density at radius 3 is 2.38 bits per heavy atom. The van der Waals surface area contributed by atoms with Gasteiger partial charge in [-0.25, -0.2) is 8.42 Å². The highest BCUT2D eigenvalue weighted by atomic mass is 35.5. The zero-order valence-electron chi connectivity index (χ0n) is 18.6. The second kappa shape index (κ2) is 11.6. The van der Waals surface area contributed by atoms with Crippen LogP contribution < -0.4 is 20.7 Å². The number of benzene rings is 2. The average Bonchev–Trinajstić information content (AvgIpc) is 2.76. The third-order valence-corrected chi connectivity index (χ3v) is 7.00. The number of hydrogen-bond acceptors (Lipinski definition) is 6. The van der Waals surface area contributed by atoms with Crippen molar-refractivity contribution in [3.63, 3.8) is 0 Å². The first-order valence-corrected chi connectivity index (χ1v) is 12.4. The highest BCUT2D eigenvalue weighted by Gasteiger charge is 2.27. The number of amides is 1. The van der Waals surface area contributed by atoms with Crippen LogP contribution in [0.25, 0.3) is 10.8 Å². The van der Waals surface area contributed by atoms with E-state index in [0.29, 0.717) is 31.2 Å². The molecule has 32 heavy (non-hydrogen) atoms. The molecule has 8 nitrogen and oxygen atoms in total. The van der Waals surface area contributed by atoms with Gasteiger partial charge in [0.2, 0.25) is 15.9 Å². The third-order valence-electron chi connectivity index (χ3n) is 5.14. The molecule has 0 saturated heterocycles. The van der Waals surface area contributed by atoms with Gasteiger partial charge in [-0.05, 0) is 44.9 Å². The Morgan fingerprint density at radius 1 is 1.09 bits per heavy atom. The summed E-state index contributed by atoms with van der Waals surface area (Å²) < 4.78 is 28.7. The summed E-state index contributed by atoms with van der Waals surface area (Å²) in [6.07, 6.45) is 1.75. The van der Waals surface area contributed by atoms with Gasteiger partial charge < -0.3 is 16.0 Å². The van der Waals surface area contributed by atoms with E-state index in [9.17, 15) is 18.0 Å². The van der Waals surface area contributed by atoms with Crippen LogP contribution in [0.2, 0.25) is 0 Å². The average molecular weight is 483 g/mol. The van der Waals surface area contributed by atoms with Gasteiger partial charge >= 0.3 is 0 Å². The van der Waals surface area contributed by atoms with Crippen molar-refractivity contribution in [1.29, 1.82) is 0 Å². The molecule has 176 valence electrons. The molecule has 0 radical (unpaired) electrons. The topological polar surface area (TPSA) is 122 Å². The van der Waals surface area contributed by atoms with Gasteiger partial charge in [-0.2, -0.15) is 4.72 Å². The molecule has 0 aliphatic rings. The maximum absolute atomic E-state index is 13.1. The number of ketones is 1. The summed E-state index contributed by atoms with van der Waals surface area (Å²) in [6, 6.07) is 8.57. The number of halogens is 1. The van der Waals surface area contributed by atoms with Crippen LogP contribution >= 0.6 is 11.6 Å². The molecule has 0 aromatic heterocycles. The first-order chi connectivity index (χ1) is 15.1. The van der Waals surface area contributed by atoms with Crippen LogP contribution in [0.5, 0.6) is 0 Å². The summed E-state index contributed by atoms with van der Waals surface area (Å²) in [4.78, 5) is 26.7. The van der Waals surface area contributed by atoms with Gasteiger partial charge in [0.1, 0.15) is 0 Å². The first-order valence-electron chi connectivity index (χ1n) is 10.4. The summed E-state index contributed by atoms with van der Waals surface area (Å²) in [5, 5.41) is 3.95. The van der Waals surface area contributed by atoms with Gasteiger partial charge in [-0.3, -0.25) is 9.59 Å². The smallest absolute Gasteiger partial charge is 0.241 e. The van der Waals surface area contributed by atoms with Crippen LogP contribution in [0.3, 0.4) is 0 Å². The summed E-state index contributed by atoms with van der Waals surface area (Å²) in [6.45, 7) is 1.91. The van der Waals surface area contributed by atoms with Crippen molar-refractivity contribution in [2.45, 2.75) is 43.2 Å². The maximum atomic E-state index is 13.1. The Hall–Kier alpha value is -2.20. The van der Waals surface area contributed by atoms with Crippen molar-refractivity contribution >= 4 is 49.8 Å². The number of carbonyl (C=O) groups excluding carboxylic acids is 2. The molecular formula is C22H31ClN4O4S. The lowest BCUT2D eigenvalue weighted by molar-refractivity contribution is -0.127. The van der Waals surface area contributed by atoms with E-state index in [1.54, 1.807) is 18.2 Å². The molecule has 0 aliphatic carbocycles. The van der Waals surface area contributed by atoms with E-state index in [-0.39, 0.29) is 16.6 Å². The fourth-order valence-corrected chi connectivity index (χ4v) is 5.05. The van der Waals surface area contributed by atoms with Crippen LogP contribution in [0.15, 0.2) is 41.3 Å². The van der Waals surface area contributed by atoms with Gasteiger partial charge in [0.05, 0.1) is 22.9 Å². The number of Topliss-reactive ketones (excluding diaryl/α,β-unsaturated/α-hetero) is 1. The number of nitrogens with two attached hydrogens (primary N) is 1. The molecule has 0 heterocycles. The Balaban J connectivity index is 2.23. The predicted octanol–water partition coefficient (Wildman–Crippen LogP) is 1.99. The zero-order chi connectivity index (χ0) is 23.9. The lowest BCUT2D eigenvalue weighted by Gasteiger charge is -2.21. The Morgan fingerprint density at radius 2 is 1.75 bits per heavy atom. The van der Waals surface area contributed by atoms with Gasteiger partial charge in [-0.1, -0.05) is 24.3 Å². The summed E-state index contributed by atoms with van der Waals surface area (Å²) >= 11 is 5.66. The SMILES string of the molecule is C[C@H](NS(=O)(=O)c1cccc2c(N(C)C)cccc12)C(=O)N[C@@H](CCCCN)C(=O)CCl. The molecule has 1 amide bonds. The Kier molecular flexibility index (Phi) is 9.45. The zero-order valence-corrected chi connectivity index (χ0v) is 20.2. The standard InChI is InChI=1S/C22H31ClN4O4S/c1-15(22(29)25-18(20(28)14-23)10-4-5-13-24)26-32(30,31)21-12-7-8-16-17(21)9-6-11-19(16)27(2)3/h6-9,11-12,15,18,26H,4-5,10,13-14,24H2,1-3H3,(H,25,29)/t15-,18-/m0/s1. The van der Waals surface area contributed by atoms with E-state index in [0.717, 1.165) is 11.1 Å².